The molecule has 1 aromatic heterocycles. The number of esters is 1. The zero-order chi connectivity index (χ0) is 40.2. The molecule has 0 radical (unpaired) electrons. The van der Waals surface area contributed by atoms with Gasteiger partial charge < -0.3 is 24.0 Å². The third-order valence-electron chi connectivity index (χ3n) is 12.2. The Morgan fingerprint density at radius 2 is 1.84 bits per heavy atom. The maximum Gasteiger partial charge on any atom is 0.307 e. The molecule has 14 heteroatoms. The van der Waals surface area contributed by atoms with E-state index < -0.39 is 56.2 Å². The number of hydrogen-bond acceptors (Lipinski definition) is 11. The summed E-state index contributed by atoms with van der Waals surface area (Å²) in [6.45, 7) is 10.8. The molecule has 0 bridgehead atoms. The van der Waals surface area contributed by atoms with Crippen LogP contribution in [0.2, 0.25) is 0 Å². The van der Waals surface area contributed by atoms with Crippen molar-refractivity contribution in [3.63, 3.8) is 0 Å². The number of aromatic nitrogens is 1. The zero-order valence-corrected chi connectivity index (χ0v) is 34.2. The molecule has 7 rings (SSSR count). The van der Waals surface area contributed by atoms with Crippen LogP contribution in [0, 0.1) is 29.1 Å². The number of nitrogens with zero attached hydrogens (tertiary/aromatic N) is 3. The van der Waals surface area contributed by atoms with E-state index >= 15 is 0 Å². The number of pyridine rings is 1. The molecule has 3 fully saturated rings. The molecule has 13 nitrogen and oxygen atoms in total. The molecule has 2 aliphatic carbocycles. The number of sulfonamides is 1. The lowest BCUT2D eigenvalue weighted by Gasteiger charge is -2.32. The highest BCUT2D eigenvalue weighted by molar-refractivity contribution is 7.90. The topological polar surface area (TPSA) is 162 Å². The zero-order valence-electron chi connectivity index (χ0n) is 33.4. The molecule has 2 amide bonds. The van der Waals surface area contributed by atoms with Crippen LogP contribution in [0.1, 0.15) is 92.4 Å². The third-order valence-corrected chi connectivity index (χ3v) is 14.0. The lowest BCUT2D eigenvalue weighted by Crippen LogP contribution is -2.47. The van der Waals surface area contributed by atoms with E-state index in [1.807, 2.05) is 44.3 Å². The van der Waals surface area contributed by atoms with Crippen LogP contribution in [0.4, 0.5) is 5.69 Å². The van der Waals surface area contributed by atoms with Crippen molar-refractivity contribution >= 4 is 50.1 Å². The molecule has 1 aromatic carbocycles. The molecule has 5 aliphatic rings. The first-order chi connectivity index (χ1) is 26.5. The lowest BCUT2D eigenvalue weighted by atomic mass is 9.82. The molecular formula is C42H56N4O9S. The molecule has 0 unspecified atom stereocenters. The van der Waals surface area contributed by atoms with Gasteiger partial charge in [0.05, 0.1) is 47.8 Å². The second-order valence-electron chi connectivity index (χ2n) is 17.9. The average molecular weight is 793 g/mol. The Labute approximate surface area is 329 Å². The molecule has 56 heavy (non-hydrogen) atoms. The van der Waals surface area contributed by atoms with E-state index in [1.165, 1.54) is 4.90 Å². The van der Waals surface area contributed by atoms with Gasteiger partial charge in [-0.1, -0.05) is 26.0 Å². The second kappa shape index (κ2) is 15.3. The van der Waals surface area contributed by atoms with Crippen LogP contribution < -0.4 is 19.1 Å². The molecule has 304 valence electrons. The number of carbonyl (C=O) groups is 4. The minimum absolute atomic E-state index is 0.0587. The Morgan fingerprint density at radius 3 is 2.57 bits per heavy atom. The maximum absolute atomic E-state index is 14.9. The number of anilines is 1. The molecule has 1 N–H and O–H groups in total. The van der Waals surface area contributed by atoms with Gasteiger partial charge in [-0.2, -0.15) is 0 Å². The highest BCUT2D eigenvalue weighted by Gasteiger charge is 2.61. The number of allylic oxidation sites excluding steroid dienone is 2. The van der Waals surface area contributed by atoms with E-state index in [-0.39, 0.29) is 55.3 Å². The van der Waals surface area contributed by atoms with Crippen LogP contribution in [0.5, 0.6) is 11.6 Å². The van der Waals surface area contributed by atoms with Gasteiger partial charge in [0.1, 0.15) is 18.3 Å². The number of hydrogen-bond donors (Lipinski definition) is 1. The summed E-state index contributed by atoms with van der Waals surface area (Å²) in [7, 11) is -1.84. The minimum atomic E-state index is -3.85. The molecule has 3 aliphatic heterocycles. The van der Waals surface area contributed by atoms with Gasteiger partial charge in [-0.25, -0.2) is 13.4 Å². The standard InChI is InChI=1S/C42H56N4O9S/c1-25-9-7-8-10-27-22-42(27,40(50)44-56(51,52)29-11-12-29)23-35(47)34-20-28(24-46(34)39(49)32(26(2)19-25)21-36(48)55-41(3,4)5)54-38-31-13-14-33-37(30(31)15-16-43-38)53-18-17-45(33)6/h8,10,13-16,25-29,32,34H,7,9,11-12,17-24H2,1-6H3,(H,44,50)/b10-8-/t25-,26+,27+,28+,32-,34-,42+/m0/s1. The number of Topliss-reactive ketones (excluding diaryl/α,β-unsaturated/α-hetero) is 1. The van der Waals surface area contributed by atoms with E-state index in [4.69, 9.17) is 14.2 Å². The summed E-state index contributed by atoms with van der Waals surface area (Å²) in [5.41, 5.74) is -1.04. The van der Waals surface area contributed by atoms with Crippen molar-refractivity contribution in [1.29, 1.82) is 0 Å². The van der Waals surface area contributed by atoms with Gasteiger partial charge in [0, 0.05) is 36.9 Å². The summed E-state index contributed by atoms with van der Waals surface area (Å²) >= 11 is 0. The van der Waals surface area contributed by atoms with Crippen LogP contribution in [0.15, 0.2) is 36.5 Å². The molecule has 7 atom stereocenters. The summed E-state index contributed by atoms with van der Waals surface area (Å²) in [5.74, 6) is -1.85. The first kappa shape index (κ1) is 40.0. The third kappa shape index (κ3) is 8.40. The normalized spacial score (nSPS) is 30.5. The van der Waals surface area contributed by atoms with Crippen LogP contribution >= 0.6 is 0 Å². The monoisotopic (exact) mass is 792 g/mol. The number of benzene rings is 1. The first-order valence-electron chi connectivity index (χ1n) is 20.2. The molecule has 4 heterocycles. The van der Waals surface area contributed by atoms with Gasteiger partial charge in [-0.15, -0.1) is 0 Å². The summed E-state index contributed by atoms with van der Waals surface area (Å²) < 4.78 is 46.6. The number of ether oxygens (including phenoxy) is 3. The molecule has 0 spiro atoms. The highest BCUT2D eigenvalue weighted by atomic mass is 32.2. The smallest absolute Gasteiger partial charge is 0.307 e. The van der Waals surface area contributed by atoms with Gasteiger partial charge in [-0.05, 0) is 95.2 Å². The fourth-order valence-corrected chi connectivity index (χ4v) is 10.2. The predicted molar refractivity (Wildman–Crippen MR) is 211 cm³/mol. The number of nitrogens with one attached hydrogen (secondary N) is 1. The number of ketones is 1. The average Bonchev–Trinajstić information content (AvgIpc) is 4.05. The van der Waals surface area contributed by atoms with Crippen molar-refractivity contribution in [3.05, 3.63) is 36.5 Å². The summed E-state index contributed by atoms with van der Waals surface area (Å²) in [6, 6.07) is 4.81. The minimum Gasteiger partial charge on any atom is -0.489 e. The van der Waals surface area contributed by atoms with Crippen LogP contribution in [-0.4, -0.2) is 91.6 Å². The van der Waals surface area contributed by atoms with Crippen LogP contribution in [0.25, 0.3) is 10.8 Å². The highest BCUT2D eigenvalue weighted by Crippen LogP contribution is 2.57. The Bertz CT molecular complexity index is 2020. The quantitative estimate of drug-likeness (QED) is 0.285. The Balaban J connectivity index is 1.22. The van der Waals surface area contributed by atoms with E-state index in [2.05, 4.69) is 21.5 Å². The Hall–Kier alpha value is -4.20. The van der Waals surface area contributed by atoms with E-state index in [1.54, 1.807) is 27.0 Å². The van der Waals surface area contributed by atoms with Crippen molar-refractivity contribution < 1.29 is 41.8 Å². The van der Waals surface area contributed by atoms with Crippen molar-refractivity contribution in [1.82, 2.24) is 14.6 Å². The number of likely N-dealkylation sites (N-methyl/N-ethyl adjacent to an activating group) is 1. The fourth-order valence-electron chi connectivity index (χ4n) is 8.85. The number of carbonyl (C=O) groups excluding carboxylic acids is 4. The van der Waals surface area contributed by atoms with Crippen molar-refractivity contribution in [2.75, 3.05) is 31.6 Å². The number of fused-ring (bicyclic) bond motifs is 5. The Kier molecular flexibility index (Phi) is 10.9. The fraction of sp³-hybridized carbons (Fsp3) is 0.643. The summed E-state index contributed by atoms with van der Waals surface area (Å²) in [4.78, 5) is 65.0. The van der Waals surface area contributed by atoms with Gasteiger partial charge in [0.2, 0.25) is 27.7 Å². The van der Waals surface area contributed by atoms with E-state index in [0.29, 0.717) is 38.2 Å². The van der Waals surface area contributed by atoms with E-state index in [0.717, 1.165) is 41.6 Å². The lowest BCUT2D eigenvalue weighted by molar-refractivity contribution is -0.160. The van der Waals surface area contributed by atoms with Crippen molar-refractivity contribution in [2.45, 2.75) is 115 Å². The number of amides is 2. The van der Waals surface area contributed by atoms with Crippen molar-refractivity contribution in [2.24, 2.45) is 29.1 Å². The van der Waals surface area contributed by atoms with Gasteiger partial charge >= 0.3 is 5.97 Å². The maximum atomic E-state index is 14.9. The van der Waals surface area contributed by atoms with Crippen LogP contribution in [-0.2, 0) is 33.9 Å². The van der Waals surface area contributed by atoms with Gasteiger partial charge in [0.25, 0.3) is 0 Å². The van der Waals surface area contributed by atoms with Gasteiger partial charge in [0.15, 0.2) is 11.5 Å². The predicted octanol–water partition coefficient (Wildman–Crippen LogP) is 5.35. The second-order valence-corrected chi connectivity index (χ2v) is 19.8. The molecule has 1 saturated heterocycles. The van der Waals surface area contributed by atoms with Crippen LogP contribution in [0.3, 0.4) is 0 Å². The molecule has 2 saturated carbocycles. The first-order valence-corrected chi connectivity index (χ1v) is 21.7. The van der Waals surface area contributed by atoms with Gasteiger partial charge in [-0.3, -0.25) is 23.9 Å². The largest absolute Gasteiger partial charge is 0.489 e. The molecular weight excluding hydrogens is 737 g/mol. The summed E-state index contributed by atoms with van der Waals surface area (Å²) in [6.07, 6.45) is 8.28. The van der Waals surface area contributed by atoms with Crippen molar-refractivity contribution in [3.8, 4) is 11.6 Å². The SMILES string of the molecule is C[C@H]1CC/C=C\[C@@H]2C[C@@]2(C(=O)NS(=O)(=O)C2CC2)CC(=O)[C@@H]2C[C@@H](Oc3nccc4c5c(ccc34)N(C)CCO5)CN2C(=O)[C@@H](CC(=O)OC(C)(C)C)[C@H](C)C1. The number of rotatable bonds is 7. The summed E-state index contributed by atoms with van der Waals surface area (Å²) in [5, 5.41) is 0.968. The van der Waals surface area contributed by atoms with E-state index in [9.17, 15) is 27.6 Å². The Morgan fingerprint density at radius 1 is 1.07 bits per heavy atom. The molecule has 2 aromatic rings.